The monoisotopic (exact) mass is 580 g/mol. The van der Waals surface area contributed by atoms with Gasteiger partial charge in [-0.3, -0.25) is 9.59 Å². The minimum absolute atomic E-state index is 0.0131. The zero-order chi connectivity index (χ0) is 27.1. The predicted molar refractivity (Wildman–Crippen MR) is 131 cm³/mol. The third-order valence-corrected chi connectivity index (χ3v) is 10.6. The minimum Gasteiger partial charge on any atom is -0.481 e. The summed E-state index contributed by atoms with van der Waals surface area (Å²) in [7, 11) is -11.4. The molecule has 0 bridgehead atoms. The largest absolute Gasteiger partial charge is 0.481 e. The quantitative estimate of drug-likeness (QED) is 0.205. The van der Waals surface area contributed by atoms with E-state index in [1.807, 2.05) is 4.72 Å². The molecular formula is C20H24N2O10S4. The van der Waals surface area contributed by atoms with Gasteiger partial charge in [-0.1, -0.05) is 12.1 Å². The SMILES string of the molecule is CS(=O)(=O)c1ccc(C(=O)NCCCS(=O)(=O)Cc2cccc(S(=O)(=O)N[C@H](C=O)CC(=O)O)c2)s1. The van der Waals surface area contributed by atoms with E-state index in [9.17, 15) is 39.6 Å². The van der Waals surface area contributed by atoms with Crippen molar-refractivity contribution in [1.29, 1.82) is 0 Å². The van der Waals surface area contributed by atoms with E-state index < -0.39 is 59.8 Å². The average molecular weight is 581 g/mol. The summed E-state index contributed by atoms with van der Waals surface area (Å²) in [5.41, 5.74) is 0.162. The zero-order valence-corrected chi connectivity index (χ0v) is 22.2. The van der Waals surface area contributed by atoms with Crippen LogP contribution in [0.15, 0.2) is 45.5 Å². The highest BCUT2D eigenvalue weighted by molar-refractivity contribution is 7.92. The van der Waals surface area contributed by atoms with Crippen molar-refractivity contribution < 1.29 is 44.7 Å². The van der Waals surface area contributed by atoms with Crippen LogP contribution >= 0.6 is 11.3 Å². The normalized spacial score (nSPS) is 13.1. The Morgan fingerprint density at radius 2 is 1.78 bits per heavy atom. The van der Waals surface area contributed by atoms with Crippen molar-refractivity contribution in [2.24, 2.45) is 0 Å². The lowest BCUT2D eigenvalue weighted by atomic mass is 10.2. The molecule has 0 spiro atoms. The summed E-state index contributed by atoms with van der Waals surface area (Å²) in [6, 6.07) is 6.21. The molecule has 0 aliphatic rings. The van der Waals surface area contributed by atoms with Gasteiger partial charge < -0.3 is 15.2 Å². The third kappa shape index (κ3) is 9.09. The number of aldehydes is 1. The Morgan fingerprint density at radius 1 is 1.08 bits per heavy atom. The number of hydrogen-bond donors (Lipinski definition) is 3. The van der Waals surface area contributed by atoms with Crippen LogP contribution in [0.1, 0.15) is 28.1 Å². The van der Waals surface area contributed by atoms with Gasteiger partial charge in [0.1, 0.15) is 10.5 Å². The number of benzene rings is 1. The van der Waals surface area contributed by atoms with Crippen molar-refractivity contribution in [3.8, 4) is 0 Å². The Morgan fingerprint density at radius 3 is 2.36 bits per heavy atom. The van der Waals surface area contributed by atoms with Crippen LogP contribution in [0.5, 0.6) is 0 Å². The number of nitrogens with one attached hydrogen (secondary N) is 2. The Hall–Kier alpha value is -2.66. The molecule has 1 heterocycles. The second kappa shape index (κ2) is 12.1. The van der Waals surface area contributed by atoms with Crippen LogP contribution in [0.4, 0.5) is 0 Å². The van der Waals surface area contributed by atoms with E-state index in [1.165, 1.54) is 30.3 Å². The van der Waals surface area contributed by atoms with Crippen molar-refractivity contribution in [2.75, 3.05) is 18.6 Å². The minimum atomic E-state index is -4.28. The number of carboxylic acids is 1. The summed E-state index contributed by atoms with van der Waals surface area (Å²) in [5.74, 6) is -2.71. The molecular weight excluding hydrogens is 556 g/mol. The van der Waals surface area contributed by atoms with Crippen molar-refractivity contribution in [3.05, 3.63) is 46.8 Å². The molecule has 1 atom stereocenters. The Kier molecular flexibility index (Phi) is 9.90. The van der Waals surface area contributed by atoms with Crippen LogP contribution in [-0.4, -0.2) is 73.1 Å². The second-order valence-corrected chi connectivity index (χ2v) is 14.9. The molecule has 0 fully saturated rings. The molecule has 1 aromatic heterocycles. The number of carbonyl (C=O) groups is 3. The first-order chi connectivity index (χ1) is 16.6. The van der Waals surface area contributed by atoms with Crippen molar-refractivity contribution in [2.45, 2.75) is 33.7 Å². The van der Waals surface area contributed by atoms with Gasteiger partial charge in [0.25, 0.3) is 5.91 Å². The Balaban J connectivity index is 1.95. The molecule has 0 aliphatic heterocycles. The van der Waals surface area contributed by atoms with Crippen molar-refractivity contribution in [1.82, 2.24) is 10.0 Å². The number of rotatable bonds is 14. The first kappa shape index (κ1) is 29.6. The fourth-order valence-electron chi connectivity index (χ4n) is 2.92. The number of sulfone groups is 2. The number of thiophene rings is 1. The van der Waals surface area contributed by atoms with Gasteiger partial charge in [-0.05, 0) is 36.2 Å². The second-order valence-electron chi connectivity index (χ2n) is 7.70. The fourth-order valence-corrected chi connectivity index (χ4v) is 7.42. The van der Waals surface area contributed by atoms with E-state index >= 15 is 0 Å². The first-order valence-corrected chi connectivity index (χ1v) is 16.2. The smallest absolute Gasteiger partial charge is 0.305 e. The topological polar surface area (TPSA) is 198 Å². The van der Waals surface area contributed by atoms with E-state index in [4.69, 9.17) is 5.11 Å². The summed E-state index contributed by atoms with van der Waals surface area (Å²) >= 11 is 0.803. The molecule has 3 N–H and O–H groups in total. The molecule has 16 heteroatoms. The predicted octanol–water partition coefficient (Wildman–Crippen LogP) is 0.207. The van der Waals surface area contributed by atoms with E-state index in [1.54, 1.807) is 0 Å². The maximum absolute atomic E-state index is 12.5. The molecule has 0 saturated heterocycles. The van der Waals surface area contributed by atoms with Crippen LogP contribution in [0, 0.1) is 0 Å². The number of aliphatic carboxylic acids is 1. The third-order valence-electron chi connectivity index (χ3n) is 4.55. The summed E-state index contributed by atoms with van der Waals surface area (Å²) in [5, 5.41) is 11.3. The molecule has 2 rings (SSSR count). The number of amides is 1. The molecule has 0 radical (unpaired) electrons. The van der Waals surface area contributed by atoms with Crippen LogP contribution < -0.4 is 10.0 Å². The van der Waals surface area contributed by atoms with E-state index in [2.05, 4.69) is 5.32 Å². The van der Waals surface area contributed by atoms with E-state index in [-0.39, 0.29) is 44.5 Å². The molecule has 0 aliphatic carbocycles. The zero-order valence-electron chi connectivity index (χ0n) is 18.9. The fraction of sp³-hybridized carbons (Fsp3) is 0.350. The van der Waals surface area contributed by atoms with Gasteiger partial charge in [-0.15, -0.1) is 11.3 Å². The highest BCUT2D eigenvalue weighted by atomic mass is 32.2. The van der Waals surface area contributed by atoms with Crippen LogP contribution in [0.25, 0.3) is 0 Å². The van der Waals surface area contributed by atoms with Gasteiger partial charge in [0.05, 0.1) is 33.7 Å². The maximum Gasteiger partial charge on any atom is 0.305 e. The lowest BCUT2D eigenvalue weighted by Gasteiger charge is -2.12. The lowest BCUT2D eigenvalue weighted by molar-refractivity contribution is -0.138. The number of hydrogen-bond acceptors (Lipinski definition) is 10. The molecule has 0 unspecified atom stereocenters. The highest BCUT2D eigenvalue weighted by Crippen LogP contribution is 2.21. The van der Waals surface area contributed by atoms with Crippen LogP contribution in [0.2, 0.25) is 0 Å². The van der Waals surface area contributed by atoms with Gasteiger partial charge in [-0.2, -0.15) is 0 Å². The van der Waals surface area contributed by atoms with Gasteiger partial charge in [0.2, 0.25) is 10.0 Å². The summed E-state index contributed by atoms with van der Waals surface area (Å²) in [6.45, 7) is 0.0131. The highest BCUT2D eigenvalue weighted by Gasteiger charge is 2.23. The van der Waals surface area contributed by atoms with Gasteiger partial charge in [0.15, 0.2) is 19.7 Å². The Labute approximate surface area is 212 Å². The lowest BCUT2D eigenvalue weighted by Crippen LogP contribution is -2.37. The average Bonchev–Trinajstić information content (AvgIpc) is 3.26. The van der Waals surface area contributed by atoms with E-state index in [0.29, 0.717) is 0 Å². The maximum atomic E-state index is 12.5. The molecule has 2 aromatic rings. The number of sulfonamides is 1. The Bertz CT molecular complexity index is 1440. The van der Waals surface area contributed by atoms with Crippen LogP contribution in [-0.2, 0) is 45.0 Å². The van der Waals surface area contributed by atoms with Crippen molar-refractivity contribution >= 4 is 59.2 Å². The summed E-state index contributed by atoms with van der Waals surface area (Å²) < 4.78 is 74.9. The molecule has 1 amide bonds. The number of carboxylic acid groups (broad SMARTS) is 1. The summed E-state index contributed by atoms with van der Waals surface area (Å²) in [4.78, 5) is 33.7. The van der Waals surface area contributed by atoms with E-state index in [0.717, 1.165) is 23.7 Å². The standard InChI is InChI=1S/C20H24N2O10S4/c1-34(27,28)19-7-6-17(33-19)20(26)21-8-3-9-35(29,30)13-14-4-2-5-16(10-14)36(31,32)22-15(12-23)11-18(24)25/h2,4-7,10,12,15,22H,3,8-9,11,13H2,1H3,(H,21,26)(H,24,25)/t15-/m0/s1. The van der Waals surface area contributed by atoms with Gasteiger partial charge in [-0.25, -0.2) is 30.0 Å². The van der Waals surface area contributed by atoms with Crippen molar-refractivity contribution in [3.63, 3.8) is 0 Å². The number of carbonyl (C=O) groups excluding carboxylic acids is 2. The van der Waals surface area contributed by atoms with Gasteiger partial charge in [0, 0.05) is 12.8 Å². The van der Waals surface area contributed by atoms with Crippen LogP contribution in [0.3, 0.4) is 0 Å². The first-order valence-electron chi connectivity index (χ1n) is 10.2. The molecule has 1 aromatic carbocycles. The van der Waals surface area contributed by atoms with Gasteiger partial charge >= 0.3 is 5.97 Å². The summed E-state index contributed by atoms with van der Waals surface area (Å²) in [6.07, 6.45) is 0.489. The molecule has 198 valence electrons. The molecule has 0 saturated carbocycles. The molecule has 12 nitrogen and oxygen atoms in total. The molecule has 36 heavy (non-hydrogen) atoms.